The van der Waals surface area contributed by atoms with Gasteiger partial charge in [0.05, 0.1) is 0 Å². The van der Waals surface area contributed by atoms with Crippen molar-refractivity contribution in [3.05, 3.63) is 12.7 Å². The highest BCUT2D eigenvalue weighted by Gasteiger charge is 2.44. The second kappa shape index (κ2) is 4.23. The number of rotatable bonds is 3. The van der Waals surface area contributed by atoms with E-state index in [1.807, 2.05) is 0 Å². The van der Waals surface area contributed by atoms with Crippen molar-refractivity contribution in [2.24, 2.45) is 5.92 Å². The van der Waals surface area contributed by atoms with Gasteiger partial charge in [-0.3, -0.25) is 0 Å². The molecule has 0 saturated heterocycles. The summed E-state index contributed by atoms with van der Waals surface area (Å²) in [6.07, 6.45) is 7.28. The molecule has 88 valence electrons. The van der Waals surface area contributed by atoms with Crippen molar-refractivity contribution < 1.29 is 9.90 Å². The minimum absolute atomic E-state index is 0.657. The molecule has 1 aliphatic rings. The predicted octanol–water partition coefficient (Wildman–Crippen LogP) is 1.66. The van der Waals surface area contributed by atoms with Crippen molar-refractivity contribution >= 4 is 5.97 Å². The molecule has 0 atom stereocenters. The molecule has 1 N–H and O–H groups in total. The summed E-state index contributed by atoms with van der Waals surface area (Å²) < 4.78 is 1.52. The van der Waals surface area contributed by atoms with Gasteiger partial charge in [0.1, 0.15) is 12.7 Å². The summed E-state index contributed by atoms with van der Waals surface area (Å²) in [5.41, 5.74) is -0.859. The number of carbonyl (C=O) groups is 1. The lowest BCUT2D eigenvalue weighted by Crippen LogP contribution is -2.45. The smallest absolute Gasteiger partial charge is 0.331 e. The minimum atomic E-state index is -0.859. The van der Waals surface area contributed by atoms with Crippen LogP contribution in [0.15, 0.2) is 12.7 Å². The summed E-state index contributed by atoms with van der Waals surface area (Å²) in [5.74, 6) is -0.122. The van der Waals surface area contributed by atoms with Crippen LogP contribution in [-0.4, -0.2) is 25.8 Å². The van der Waals surface area contributed by atoms with E-state index in [2.05, 4.69) is 17.0 Å². The van der Waals surface area contributed by atoms with E-state index in [0.29, 0.717) is 18.8 Å². The van der Waals surface area contributed by atoms with Crippen LogP contribution in [0.25, 0.3) is 0 Å². The van der Waals surface area contributed by atoms with Crippen LogP contribution >= 0.6 is 0 Å². The van der Waals surface area contributed by atoms with Gasteiger partial charge in [-0.05, 0) is 31.6 Å². The van der Waals surface area contributed by atoms with Crippen molar-refractivity contribution in [3.63, 3.8) is 0 Å². The van der Waals surface area contributed by atoms with Crippen LogP contribution in [0.2, 0.25) is 0 Å². The normalized spacial score (nSPS) is 30.2. The minimum Gasteiger partial charge on any atom is -0.479 e. The molecule has 1 aromatic heterocycles. The van der Waals surface area contributed by atoms with Crippen molar-refractivity contribution in [1.82, 2.24) is 14.8 Å². The van der Waals surface area contributed by atoms with Gasteiger partial charge in [0.2, 0.25) is 0 Å². The van der Waals surface area contributed by atoms with Crippen LogP contribution in [-0.2, 0) is 10.3 Å². The van der Waals surface area contributed by atoms with E-state index in [9.17, 15) is 9.90 Å². The monoisotopic (exact) mass is 223 g/mol. The SMILES string of the molecule is CCC1CCC(C(=O)O)(n2cncn2)CC1. The largest absolute Gasteiger partial charge is 0.479 e. The first kappa shape index (κ1) is 11.1. The molecule has 0 unspecified atom stereocenters. The quantitative estimate of drug-likeness (QED) is 0.846. The molecule has 1 aromatic rings. The Morgan fingerprint density at radius 1 is 1.56 bits per heavy atom. The number of aromatic nitrogens is 3. The maximum Gasteiger partial charge on any atom is 0.331 e. The molecule has 16 heavy (non-hydrogen) atoms. The van der Waals surface area contributed by atoms with Crippen LogP contribution in [0.3, 0.4) is 0 Å². The van der Waals surface area contributed by atoms with Gasteiger partial charge in [-0.2, -0.15) is 5.10 Å². The fourth-order valence-corrected chi connectivity index (χ4v) is 2.53. The van der Waals surface area contributed by atoms with Crippen LogP contribution in [0.5, 0.6) is 0 Å². The second-order valence-electron chi connectivity index (χ2n) is 4.53. The summed E-state index contributed by atoms with van der Waals surface area (Å²) >= 11 is 0. The van der Waals surface area contributed by atoms with Crippen molar-refractivity contribution in [3.8, 4) is 0 Å². The van der Waals surface area contributed by atoms with Gasteiger partial charge in [0, 0.05) is 0 Å². The summed E-state index contributed by atoms with van der Waals surface area (Å²) in [4.78, 5) is 15.3. The maximum absolute atomic E-state index is 11.5. The Morgan fingerprint density at radius 2 is 2.25 bits per heavy atom. The average molecular weight is 223 g/mol. The van der Waals surface area contributed by atoms with Gasteiger partial charge in [-0.1, -0.05) is 13.3 Å². The van der Waals surface area contributed by atoms with E-state index in [4.69, 9.17) is 0 Å². The van der Waals surface area contributed by atoms with Crippen LogP contribution in [0.4, 0.5) is 0 Å². The van der Waals surface area contributed by atoms with E-state index in [-0.39, 0.29) is 0 Å². The lowest BCUT2D eigenvalue weighted by Gasteiger charge is -2.36. The summed E-state index contributed by atoms with van der Waals surface area (Å²) in [7, 11) is 0. The van der Waals surface area contributed by atoms with E-state index >= 15 is 0 Å². The highest BCUT2D eigenvalue weighted by molar-refractivity contribution is 5.76. The zero-order chi connectivity index (χ0) is 11.6. The summed E-state index contributed by atoms with van der Waals surface area (Å²) in [6.45, 7) is 2.16. The molecule has 0 spiro atoms. The van der Waals surface area contributed by atoms with Gasteiger partial charge in [-0.25, -0.2) is 14.5 Å². The highest BCUT2D eigenvalue weighted by Crippen LogP contribution is 2.38. The van der Waals surface area contributed by atoms with E-state index in [0.717, 1.165) is 19.3 Å². The van der Waals surface area contributed by atoms with E-state index in [1.54, 1.807) is 0 Å². The molecule has 1 fully saturated rings. The predicted molar refractivity (Wildman–Crippen MR) is 57.9 cm³/mol. The molecule has 0 amide bonds. The lowest BCUT2D eigenvalue weighted by atomic mass is 9.75. The van der Waals surface area contributed by atoms with Crippen LogP contribution < -0.4 is 0 Å². The van der Waals surface area contributed by atoms with Gasteiger partial charge in [0.25, 0.3) is 0 Å². The van der Waals surface area contributed by atoms with Crippen LogP contribution in [0, 0.1) is 5.92 Å². The number of carboxylic acid groups (broad SMARTS) is 1. The zero-order valence-corrected chi connectivity index (χ0v) is 9.46. The Bertz CT molecular complexity index is 353. The van der Waals surface area contributed by atoms with E-state index in [1.165, 1.54) is 17.3 Å². The second-order valence-corrected chi connectivity index (χ2v) is 4.53. The first-order valence-electron chi connectivity index (χ1n) is 5.77. The molecule has 5 nitrogen and oxygen atoms in total. The third kappa shape index (κ3) is 1.70. The first-order valence-corrected chi connectivity index (χ1v) is 5.77. The van der Waals surface area contributed by atoms with Crippen LogP contribution in [0.1, 0.15) is 39.0 Å². The molecular weight excluding hydrogens is 206 g/mol. The highest BCUT2D eigenvalue weighted by atomic mass is 16.4. The number of carboxylic acids is 1. The van der Waals surface area contributed by atoms with Crippen molar-refractivity contribution in [1.29, 1.82) is 0 Å². The molecule has 1 aliphatic carbocycles. The Hall–Kier alpha value is -1.39. The number of nitrogens with zero attached hydrogens (tertiary/aromatic N) is 3. The van der Waals surface area contributed by atoms with Crippen molar-refractivity contribution in [2.45, 2.75) is 44.6 Å². The van der Waals surface area contributed by atoms with Crippen molar-refractivity contribution in [2.75, 3.05) is 0 Å². The first-order chi connectivity index (χ1) is 7.69. The van der Waals surface area contributed by atoms with Gasteiger partial charge in [-0.15, -0.1) is 0 Å². The fraction of sp³-hybridized carbons (Fsp3) is 0.727. The molecule has 2 rings (SSSR count). The maximum atomic E-state index is 11.5. The van der Waals surface area contributed by atoms with Gasteiger partial charge < -0.3 is 5.11 Å². The molecule has 5 heteroatoms. The molecule has 1 heterocycles. The number of aliphatic carboxylic acids is 1. The third-order valence-electron chi connectivity index (χ3n) is 3.77. The third-order valence-corrected chi connectivity index (χ3v) is 3.77. The number of hydrogen-bond donors (Lipinski definition) is 1. The Kier molecular flexibility index (Phi) is 2.94. The Labute approximate surface area is 94.5 Å². The van der Waals surface area contributed by atoms with Gasteiger partial charge in [0.15, 0.2) is 5.54 Å². The molecular formula is C11H17N3O2. The fourth-order valence-electron chi connectivity index (χ4n) is 2.53. The molecule has 0 aromatic carbocycles. The van der Waals surface area contributed by atoms with Gasteiger partial charge >= 0.3 is 5.97 Å². The standard InChI is InChI=1S/C11H17N3O2/c1-2-9-3-5-11(6-4-9,10(15)16)14-8-12-7-13-14/h7-9H,2-6H2,1H3,(H,15,16). The Morgan fingerprint density at radius 3 is 2.69 bits per heavy atom. The topological polar surface area (TPSA) is 68.0 Å². The molecule has 0 aliphatic heterocycles. The lowest BCUT2D eigenvalue weighted by molar-refractivity contribution is -0.150. The Balaban J connectivity index is 2.23. The van der Waals surface area contributed by atoms with E-state index < -0.39 is 11.5 Å². The molecule has 1 saturated carbocycles. The molecule has 0 bridgehead atoms. The average Bonchev–Trinajstić information content (AvgIpc) is 2.82. The number of hydrogen-bond acceptors (Lipinski definition) is 3. The zero-order valence-electron chi connectivity index (χ0n) is 9.46. The molecule has 0 radical (unpaired) electrons. The summed E-state index contributed by atoms with van der Waals surface area (Å²) in [6, 6.07) is 0. The summed E-state index contributed by atoms with van der Waals surface area (Å²) in [5, 5.41) is 13.4.